The Bertz CT molecular complexity index is 498. The van der Waals surface area contributed by atoms with E-state index in [9.17, 15) is 4.79 Å². The molecule has 1 N–H and O–H groups in total. The molecule has 2 aliphatic heterocycles. The van der Waals surface area contributed by atoms with E-state index in [0.29, 0.717) is 6.61 Å². The summed E-state index contributed by atoms with van der Waals surface area (Å²) in [6, 6.07) is 5.65. The van der Waals surface area contributed by atoms with Gasteiger partial charge in [0.2, 0.25) is 6.79 Å². The molecule has 0 unspecified atom stereocenters. The Balaban J connectivity index is 1.95. The third-order valence-electron chi connectivity index (χ3n) is 3.35. The van der Waals surface area contributed by atoms with Gasteiger partial charge in [-0.15, -0.1) is 0 Å². The summed E-state index contributed by atoms with van der Waals surface area (Å²) >= 11 is 0. The first-order chi connectivity index (χ1) is 8.56. The van der Waals surface area contributed by atoms with E-state index < -0.39 is 0 Å². The quantitative estimate of drug-likeness (QED) is 0.829. The molecular formula is C13H15NO4. The lowest BCUT2D eigenvalue weighted by molar-refractivity contribution is 0.0387. The van der Waals surface area contributed by atoms with Crippen molar-refractivity contribution in [2.75, 3.05) is 13.4 Å². The minimum atomic E-state index is -0.378. The summed E-state index contributed by atoms with van der Waals surface area (Å²) in [6.07, 6.45) is -0.378. The van der Waals surface area contributed by atoms with Crippen molar-refractivity contribution in [1.82, 2.24) is 5.32 Å². The second kappa shape index (κ2) is 3.80. The van der Waals surface area contributed by atoms with Crippen LogP contribution in [0.5, 0.6) is 11.5 Å². The molecule has 0 saturated carbocycles. The van der Waals surface area contributed by atoms with Crippen molar-refractivity contribution in [3.63, 3.8) is 0 Å². The van der Waals surface area contributed by atoms with Crippen molar-refractivity contribution in [3.8, 4) is 11.5 Å². The number of alkyl carbamates (subject to hydrolysis) is 1. The topological polar surface area (TPSA) is 56.8 Å². The summed E-state index contributed by atoms with van der Waals surface area (Å²) in [5.41, 5.74) is 0.836. The predicted octanol–water partition coefficient (Wildman–Crippen LogP) is 2.22. The molecule has 1 aromatic rings. The fraction of sp³-hybridized carbons (Fsp3) is 0.462. The highest BCUT2D eigenvalue weighted by molar-refractivity contribution is 5.69. The molecule has 0 aliphatic carbocycles. The average molecular weight is 249 g/mol. The summed E-state index contributed by atoms with van der Waals surface area (Å²) in [4.78, 5) is 11.4. The number of benzene rings is 1. The lowest BCUT2D eigenvalue weighted by atomic mass is 9.80. The van der Waals surface area contributed by atoms with E-state index >= 15 is 0 Å². The Morgan fingerprint density at radius 1 is 1.22 bits per heavy atom. The van der Waals surface area contributed by atoms with Gasteiger partial charge in [-0.05, 0) is 17.7 Å². The van der Waals surface area contributed by atoms with Gasteiger partial charge in [-0.2, -0.15) is 0 Å². The summed E-state index contributed by atoms with van der Waals surface area (Å²) in [5.74, 6) is 1.47. The van der Waals surface area contributed by atoms with Gasteiger partial charge in [0.15, 0.2) is 11.5 Å². The molecule has 3 rings (SSSR count). The molecule has 5 heteroatoms. The van der Waals surface area contributed by atoms with E-state index in [0.717, 1.165) is 17.1 Å². The first kappa shape index (κ1) is 11.2. The maximum absolute atomic E-state index is 11.4. The zero-order chi connectivity index (χ0) is 12.8. The smallest absolute Gasteiger partial charge is 0.407 e. The van der Waals surface area contributed by atoms with Crippen molar-refractivity contribution in [1.29, 1.82) is 0 Å². The molecule has 2 heterocycles. The maximum atomic E-state index is 11.4. The second-order valence-corrected chi connectivity index (χ2v) is 5.25. The molecule has 1 amide bonds. The predicted molar refractivity (Wildman–Crippen MR) is 63.6 cm³/mol. The molecular weight excluding hydrogens is 234 g/mol. The highest BCUT2D eigenvalue weighted by Crippen LogP contribution is 2.40. The molecule has 1 saturated heterocycles. The first-order valence-corrected chi connectivity index (χ1v) is 5.89. The number of carbonyl (C=O) groups excluding carboxylic acids is 1. The van der Waals surface area contributed by atoms with Crippen LogP contribution in [0.15, 0.2) is 18.2 Å². The monoisotopic (exact) mass is 249 g/mol. The highest BCUT2D eigenvalue weighted by Gasteiger charge is 2.38. The fourth-order valence-corrected chi connectivity index (χ4v) is 2.32. The van der Waals surface area contributed by atoms with Gasteiger partial charge in [-0.3, -0.25) is 0 Å². The van der Waals surface area contributed by atoms with Gasteiger partial charge in [0.05, 0.1) is 6.04 Å². The largest absolute Gasteiger partial charge is 0.454 e. The number of hydrogen-bond donors (Lipinski definition) is 1. The standard InChI is InChI=1S/C13H15NO4/c1-13(2)6-16-12(15)14-11(13)8-3-4-9-10(5-8)18-7-17-9/h3-5,11H,6-7H2,1-2H3,(H,14,15)/t11-/m1/s1. The lowest BCUT2D eigenvalue weighted by Crippen LogP contribution is -2.46. The van der Waals surface area contributed by atoms with Crippen LogP contribution in [0.4, 0.5) is 4.79 Å². The van der Waals surface area contributed by atoms with Crippen LogP contribution in [0, 0.1) is 5.41 Å². The molecule has 2 aliphatic rings. The lowest BCUT2D eigenvalue weighted by Gasteiger charge is -2.38. The van der Waals surface area contributed by atoms with Crippen LogP contribution < -0.4 is 14.8 Å². The normalized spacial score (nSPS) is 24.3. The Kier molecular flexibility index (Phi) is 2.36. The Labute approximate surface area is 105 Å². The van der Waals surface area contributed by atoms with E-state index in [-0.39, 0.29) is 24.3 Å². The molecule has 18 heavy (non-hydrogen) atoms. The first-order valence-electron chi connectivity index (χ1n) is 5.89. The van der Waals surface area contributed by atoms with E-state index in [1.807, 2.05) is 18.2 Å². The van der Waals surface area contributed by atoms with Gasteiger partial charge in [0.25, 0.3) is 0 Å². The van der Waals surface area contributed by atoms with Crippen molar-refractivity contribution < 1.29 is 19.0 Å². The number of ether oxygens (including phenoxy) is 3. The van der Waals surface area contributed by atoms with E-state index in [1.165, 1.54) is 0 Å². The van der Waals surface area contributed by atoms with Crippen LogP contribution in [0.1, 0.15) is 25.5 Å². The number of cyclic esters (lactones) is 1. The highest BCUT2D eigenvalue weighted by atomic mass is 16.7. The van der Waals surface area contributed by atoms with E-state index in [2.05, 4.69) is 19.2 Å². The molecule has 0 spiro atoms. The van der Waals surface area contributed by atoms with Crippen LogP contribution in [0.2, 0.25) is 0 Å². The Hall–Kier alpha value is -1.91. The van der Waals surface area contributed by atoms with Gasteiger partial charge in [-0.25, -0.2) is 4.79 Å². The van der Waals surface area contributed by atoms with Crippen molar-refractivity contribution >= 4 is 6.09 Å². The number of fused-ring (bicyclic) bond motifs is 1. The van der Waals surface area contributed by atoms with Crippen molar-refractivity contribution in [3.05, 3.63) is 23.8 Å². The number of nitrogens with one attached hydrogen (secondary N) is 1. The van der Waals surface area contributed by atoms with Gasteiger partial charge >= 0.3 is 6.09 Å². The van der Waals surface area contributed by atoms with E-state index in [1.54, 1.807) is 0 Å². The van der Waals surface area contributed by atoms with Crippen molar-refractivity contribution in [2.45, 2.75) is 19.9 Å². The molecule has 5 nitrogen and oxygen atoms in total. The van der Waals surface area contributed by atoms with Gasteiger partial charge in [-0.1, -0.05) is 19.9 Å². The third kappa shape index (κ3) is 1.75. The van der Waals surface area contributed by atoms with Crippen molar-refractivity contribution in [2.24, 2.45) is 5.41 Å². The van der Waals surface area contributed by atoms with Gasteiger partial charge in [0, 0.05) is 5.41 Å². The van der Waals surface area contributed by atoms with Crippen LogP contribution in [-0.2, 0) is 4.74 Å². The molecule has 1 aromatic carbocycles. The van der Waals surface area contributed by atoms with Crippen LogP contribution in [-0.4, -0.2) is 19.5 Å². The van der Waals surface area contributed by atoms with Crippen LogP contribution in [0.3, 0.4) is 0 Å². The number of rotatable bonds is 1. The summed E-state index contributed by atoms with van der Waals surface area (Å²) < 4.78 is 15.7. The average Bonchev–Trinajstić information content (AvgIpc) is 2.79. The molecule has 0 radical (unpaired) electrons. The molecule has 96 valence electrons. The summed E-state index contributed by atoms with van der Waals surface area (Å²) in [5, 5.41) is 2.86. The van der Waals surface area contributed by atoms with Crippen LogP contribution >= 0.6 is 0 Å². The van der Waals surface area contributed by atoms with Gasteiger partial charge < -0.3 is 19.5 Å². The zero-order valence-electron chi connectivity index (χ0n) is 10.4. The summed E-state index contributed by atoms with van der Waals surface area (Å²) in [7, 11) is 0. The minimum absolute atomic E-state index is 0.0896. The minimum Gasteiger partial charge on any atom is -0.454 e. The SMILES string of the molecule is CC1(C)COC(=O)N[C@@H]1c1ccc2c(c1)OCO2. The van der Waals surface area contributed by atoms with Gasteiger partial charge in [0.1, 0.15) is 6.61 Å². The number of hydrogen-bond acceptors (Lipinski definition) is 4. The molecule has 1 atom stereocenters. The Morgan fingerprint density at radius 2 is 2.00 bits per heavy atom. The fourth-order valence-electron chi connectivity index (χ4n) is 2.32. The summed E-state index contributed by atoms with van der Waals surface area (Å²) in [6.45, 7) is 4.77. The van der Waals surface area contributed by atoms with E-state index in [4.69, 9.17) is 14.2 Å². The zero-order valence-corrected chi connectivity index (χ0v) is 10.4. The number of amides is 1. The molecule has 0 aromatic heterocycles. The molecule has 0 bridgehead atoms. The molecule has 1 fully saturated rings. The number of carbonyl (C=O) groups is 1. The Morgan fingerprint density at radius 3 is 2.83 bits per heavy atom. The third-order valence-corrected chi connectivity index (χ3v) is 3.35. The second-order valence-electron chi connectivity index (χ2n) is 5.25. The van der Waals surface area contributed by atoms with Crippen LogP contribution in [0.25, 0.3) is 0 Å². The maximum Gasteiger partial charge on any atom is 0.407 e.